The van der Waals surface area contributed by atoms with Crippen molar-refractivity contribution in [1.29, 1.82) is 0 Å². The maximum absolute atomic E-state index is 13.9. The Hall–Kier alpha value is -7.83. The van der Waals surface area contributed by atoms with Gasteiger partial charge in [0.2, 0.25) is 0 Å². The van der Waals surface area contributed by atoms with E-state index < -0.39 is 33.7 Å². The number of methoxy groups -OCH3 is 4. The van der Waals surface area contributed by atoms with Gasteiger partial charge in [0.15, 0.2) is 46.0 Å². The quantitative estimate of drug-likeness (QED) is 0.0917. The number of hydrogen-bond donors (Lipinski definition) is 5. The lowest BCUT2D eigenvalue weighted by Crippen LogP contribution is -2.54. The smallest absolute Gasteiger partial charge is 0.262 e. The predicted molar refractivity (Wildman–Crippen MR) is 433 cm³/mol. The molecule has 9 N–H and O–H groups in total. The average molecular weight is 1680 g/mol. The second-order valence-electron chi connectivity index (χ2n) is 34.7. The van der Waals surface area contributed by atoms with E-state index >= 15 is 0 Å². The molecule has 24 nitrogen and oxygen atoms in total. The van der Waals surface area contributed by atoms with Gasteiger partial charge in [0.05, 0.1) is 43.1 Å². The standard InChI is InChI=1S/C23H30F2N4O2.C23H26N4O3.C21H28BrN3O3.C18H22BrN3O2/c1-28-19(30)23(27-20(28)26)18-11-15(13-29-10-9-22(24,25)14-29)3-4-16(18)12-21(23)7-5-17(31-2)6-8-21;1-26-20(29)23(25-21(26)24)18-13-16(27-12-4-3-5-19(27)28)7-6-15(18)14-22(23)10-8-17(30-2)9-11-22;1-19(2,27)12-25-17(26)21(24-18(25)23)16-10-14(22)5-4-13(16)11-20(21)8-6-15(28-3)7-9-20;1-22-15(23)18(21-16(22)20)14-9-12(19)4-3-11(14)10-17(18)7-5-13(24-2)6-8-17/h3-4,11,17H,5-10,12-14H2,1-2H3,(H2,26,27);3-7,12-13,17H,8-11,14H2,1-2H3,(H2,24,25);4-5,10,15,27H,6-9,11-12H2,1-3H3,(H2,23,24);3-4,9,13H,5-8,10H2,1-2H3,(H2,20,21)/t;;15?,20?,21-;13?,17?,18-/m..01/s1. The number of likely N-dealkylation sites (N-methyl/N-ethyl adjacent to an activating group) is 3. The number of likely N-dealkylation sites (tertiary alicyclic amines) is 1. The van der Waals surface area contributed by atoms with Crippen molar-refractivity contribution in [2.45, 2.75) is 213 Å². The van der Waals surface area contributed by atoms with Gasteiger partial charge in [-0.25, -0.2) is 28.8 Å². The number of ether oxygens (including phenoxy) is 4. The Morgan fingerprint density at radius 3 is 1.18 bits per heavy atom. The van der Waals surface area contributed by atoms with Gasteiger partial charge in [0.25, 0.3) is 35.1 Å². The van der Waals surface area contributed by atoms with Crippen molar-refractivity contribution in [2.75, 3.05) is 69.2 Å². The second-order valence-corrected chi connectivity index (χ2v) is 36.6. The van der Waals surface area contributed by atoms with E-state index in [-0.39, 0.29) is 113 Å². The molecule has 8 aliphatic carbocycles. The van der Waals surface area contributed by atoms with E-state index in [0.29, 0.717) is 19.0 Å². The minimum atomic E-state index is -2.62. The lowest BCUT2D eigenvalue weighted by atomic mass is 9.61. The number of rotatable bonds is 9. The molecule has 1 saturated heterocycles. The van der Waals surface area contributed by atoms with Crippen LogP contribution < -0.4 is 28.5 Å². The number of aliphatic imine (C=N–C) groups is 4. The first-order chi connectivity index (χ1) is 53.7. The molecule has 4 atom stereocenters. The topological polar surface area (TPSA) is 317 Å². The first-order valence-corrected chi connectivity index (χ1v) is 41.3. The van der Waals surface area contributed by atoms with E-state index in [2.05, 4.69) is 56.1 Å². The molecule has 4 aromatic carbocycles. The van der Waals surface area contributed by atoms with E-state index in [1.165, 1.54) is 31.2 Å². The normalized spacial score (nSPS) is 33.0. The number of pyridine rings is 1. The summed E-state index contributed by atoms with van der Waals surface area (Å²) in [4.78, 5) is 94.0. The van der Waals surface area contributed by atoms with E-state index in [4.69, 9.17) is 61.9 Å². The van der Waals surface area contributed by atoms with Crippen molar-refractivity contribution in [1.82, 2.24) is 29.1 Å². The Kier molecular flexibility index (Phi) is 20.9. The number of carbonyl (C=O) groups is 4. The molecule has 1 aromatic heterocycles. The van der Waals surface area contributed by atoms with Crippen molar-refractivity contribution in [3.63, 3.8) is 0 Å². The van der Waals surface area contributed by atoms with Crippen LogP contribution in [-0.2, 0) is 92.5 Å². The van der Waals surface area contributed by atoms with E-state index in [1.807, 2.05) is 54.6 Å². The number of nitrogens with two attached hydrogens (primary N) is 4. The Bertz CT molecular complexity index is 4820. The van der Waals surface area contributed by atoms with Crippen molar-refractivity contribution in [3.8, 4) is 5.69 Å². The minimum absolute atomic E-state index is 0.00715. The maximum Gasteiger partial charge on any atom is 0.262 e. The van der Waals surface area contributed by atoms with Crippen LogP contribution in [0.2, 0.25) is 0 Å². The second kappa shape index (κ2) is 29.4. The molecule has 5 fully saturated rings. The highest BCUT2D eigenvalue weighted by Crippen LogP contribution is 2.67. The van der Waals surface area contributed by atoms with Crippen LogP contribution in [0.3, 0.4) is 0 Å². The molecule has 0 radical (unpaired) electrons. The first-order valence-electron chi connectivity index (χ1n) is 39.7. The van der Waals surface area contributed by atoms with Gasteiger partial charge >= 0.3 is 0 Å². The molecule has 4 amide bonds. The Morgan fingerprint density at radius 2 is 0.832 bits per heavy atom. The molecule has 2 unspecified atom stereocenters. The monoisotopic (exact) mass is 1680 g/mol. The summed E-state index contributed by atoms with van der Waals surface area (Å²) in [5.41, 5.74) is 28.5. The number of halogens is 4. The van der Waals surface area contributed by atoms with E-state index in [9.17, 15) is 37.9 Å². The number of fused-ring (bicyclic) bond motifs is 12. The Morgan fingerprint density at radius 1 is 0.478 bits per heavy atom. The third-order valence-corrected chi connectivity index (χ3v) is 29.2. The molecular formula is C85H106Br2F2N14O10. The van der Waals surface area contributed by atoms with Crippen LogP contribution in [0.15, 0.2) is 131 Å². The van der Waals surface area contributed by atoms with Crippen LogP contribution >= 0.6 is 31.9 Å². The first kappa shape index (κ1) is 80.4. The van der Waals surface area contributed by atoms with Crippen LogP contribution in [0.1, 0.15) is 173 Å². The summed E-state index contributed by atoms with van der Waals surface area (Å²) in [6, 6.07) is 29.5. The third kappa shape index (κ3) is 12.8. The fourth-order valence-electron chi connectivity index (χ4n) is 22.3. The third-order valence-electron chi connectivity index (χ3n) is 28.2. The average Bonchev–Trinajstić information content (AvgIpc) is 1.55. The van der Waals surface area contributed by atoms with Gasteiger partial charge in [0, 0.05) is 118 Å². The summed E-state index contributed by atoms with van der Waals surface area (Å²) in [6.07, 6.45) is 20.0. The van der Waals surface area contributed by atoms with Crippen LogP contribution in [-0.4, -0.2) is 187 Å². The van der Waals surface area contributed by atoms with Gasteiger partial charge in [-0.1, -0.05) is 74.3 Å². The Balaban J connectivity index is 0.000000119. The maximum atomic E-state index is 13.9. The van der Waals surface area contributed by atoms with Gasteiger partial charge < -0.3 is 47.0 Å². The molecule has 28 heteroatoms. The SMILES string of the molecule is COC1CCC2(CC1)Cc1ccc(-n3ccccc3=O)cc1C21N=C(N)N(C)C1=O.COC1CCC2(CC1)Cc1ccc(Br)cc1[C@@]21N=C(N)N(CC(C)(C)O)C1=O.COC1CCC2(CC1)Cc1ccc(Br)cc1[C@]21N=C(N)N(C)C1=O.COC1CCC2(CC1)Cc1ccc(CN3CCC(F)(F)C3)cc1C21N=C(N)N(C)C1=O. The van der Waals surface area contributed by atoms with Crippen LogP contribution in [0.5, 0.6) is 0 Å². The predicted octanol–water partition coefficient (Wildman–Crippen LogP) is 9.86. The summed E-state index contributed by atoms with van der Waals surface area (Å²) in [6.45, 7) is 4.09. The number of alkyl halides is 2. The lowest BCUT2D eigenvalue weighted by Gasteiger charge is -2.45. The van der Waals surface area contributed by atoms with Gasteiger partial charge in [-0.3, -0.25) is 53.0 Å². The van der Waals surface area contributed by atoms with Gasteiger partial charge in [-0.15, -0.1) is 0 Å². The summed E-state index contributed by atoms with van der Waals surface area (Å²) in [7, 11) is 12.1. The summed E-state index contributed by atoms with van der Waals surface area (Å²) < 4.78 is 53.1. The summed E-state index contributed by atoms with van der Waals surface area (Å²) in [5, 5.41) is 10.3. The molecule has 8 spiro atoms. The molecule has 5 aromatic rings. The lowest BCUT2D eigenvalue weighted by molar-refractivity contribution is -0.140. The largest absolute Gasteiger partial charge is 0.389 e. The highest BCUT2D eigenvalue weighted by molar-refractivity contribution is 9.10. The molecule has 113 heavy (non-hydrogen) atoms. The van der Waals surface area contributed by atoms with Gasteiger partial charge in [-0.2, -0.15) is 0 Å². The fourth-order valence-corrected chi connectivity index (χ4v) is 23.0. The van der Waals surface area contributed by atoms with Crippen LogP contribution in [0.25, 0.3) is 5.69 Å². The van der Waals surface area contributed by atoms with Crippen LogP contribution in [0.4, 0.5) is 8.78 Å². The zero-order valence-electron chi connectivity index (χ0n) is 66.1. The zero-order chi connectivity index (χ0) is 80.5. The van der Waals surface area contributed by atoms with Crippen molar-refractivity contribution >= 4 is 79.3 Å². The number of carbonyl (C=O) groups excluding carboxylic acids is 4. The molecule has 18 rings (SSSR count). The van der Waals surface area contributed by atoms with Gasteiger partial charge in [0.1, 0.15) is 0 Å². The number of aromatic nitrogens is 1. The van der Waals surface area contributed by atoms with Crippen LogP contribution in [0, 0.1) is 21.7 Å². The molecule has 4 saturated carbocycles. The number of benzene rings is 4. The summed E-state index contributed by atoms with van der Waals surface area (Å²) >= 11 is 7.12. The molecule has 604 valence electrons. The Labute approximate surface area is 675 Å². The number of guanidine groups is 4. The van der Waals surface area contributed by atoms with E-state index in [0.717, 1.165) is 188 Å². The minimum Gasteiger partial charge on any atom is -0.389 e. The molecule has 6 heterocycles. The van der Waals surface area contributed by atoms with Crippen molar-refractivity contribution < 1.29 is 52.0 Å². The number of aliphatic hydroxyl groups is 1. The van der Waals surface area contributed by atoms with Crippen molar-refractivity contribution in [3.05, 3.63) is 167 Å². The molecule has 13 aliphatic rings. The molecule has 5 aliphatic heterocycles. The number of β-amino-alcohol motifs (C(OH)–C–C–N with tert-alkyl or cyclic N) is 1. The van der Waals surface area contributed by atoms with Gasteiger partial charge in [-0.05, 0) is 235 Å². The summed E-state index contributed by atoms with van der Waals surface area (Å²) in [5.74, 6) is -1.86. The fraction of sp³-hybridized carbons (Fsp3) is 0.565. The van der Waals surface area contributed by atoms with E-state index in [1.54, 1.807) is 85.2 Å². The number of hydrogen-bond acceptors (Lipinski definition) is 19. The highest BCUT2D eigenvalue weighted by Gasteiger charge is 2.71. The highest BCUT2D eigenvalue weighted by atomic mass is 79.9. The van der Waals surface area contributed by atoms with Crippen molar-refractivity contribution in [2.24, 2.45) is 64.6 Å². The zero-order valence-corrected chi connectivity index (χ0v) is 69.3. The molecular weight excluding hydrogens is 1570 g/mol. The number of amides is 4. The number of nitrogens with zero attached hydrogens (tertiary/aromatic N) is 10. The molecule has 0 bridgehead atoms.